The third kappa shape index (κ3) is 3.66. The zero-order valence-corrected chi connectivity index (χ0v) is 19.6. The van der Waals surface area contributed by atoms with Crippen molar-refractivity contribution >= 4 is 32.6 Å². The van der Waals surface area contributed by atoms with Crippen LogP contribution in [0.3, 0.4) is 0 Å². The van der Waals surface area contributed by atoms with Gasteiger partial charge in [0.25, 0.3) is 5.91 Å². The van der Waals surface area contributed by atoms with Gasteiger partial charge in [0.15, 0.2) is 0 Å². The molecule has 170 valence electrons. The first-order valence-corrected chi connectivity index (χ1v) is 12.3. The van der Waals surface area contributed by atoms with Gasteiger partial charge in [-0.05, 0) is 53.6 Å². The van der Waals surface area contributed by atoms with Crippen molar-refractivity contribution < 1.29 is 22.0 Å². The molecule has 32 heavy (non-hydrogen) atoms. The van der Waals surface area contributed by atoms with Crippen molar-refractivity contribution in [1.82, 2.24) is 5.32 Å². The highest BCUT2D eigenvalue weighted by atomic mass is 32.2. The Bertz CT molecular complexity index is 1310. The zero-order chi connectivity index (χ0) is 23.4. The maximum Gasteiger partial charge on any atom is 0.255 e. The van der Waals surface area contributed by atoms with Gasteiger partial charge in [-0.2, -0.15) is 0 Å². The molecule has 0 spiro atoms. The number of nitrogens with zero attached hydrogens (tertiary/aromatic N) is 1. The van der Waals surface area contributed by atoms with Crippen LogP contribution in [0.25, 0.3) is 22.3 Å². The molecule has 1 aromatic heterocycles. The Kier molecular flexibility index (Phi) is 5.32. The Hall–Kier alpha value is -2.87. The van der Waals surface area contributed by atoms with E-state index >= 15 is 0 Å². The van der Waals surface area contributed by atoms with Crippen molar-refractivity contribution in [2.45, 2.75) is 33.1 Å². The third-order valence-electron chi connectivity index (χ3n) is 6.66. The number of carbonyl (C=O) groups excluding carboxylic acids is 1. The van der Waals surface area contributed by atoms with Gasteiger partial charge < -0.3 is 9.73 Å². The van der Waals surface area contributed by atoms with Crippen LogP contribution in [0.5, 0.6) is 0 Å². The van der Waals surface area contributed by atoms with Gasteiger partial charge in [-0.15, -0.1) is 0 Å². The molecule has 6 nitrogen and oxygen atoms in total. The Morgan fingerprint density at radius 3 is 2.47 bits per heavy atom. The Balaban J connectivity index is 2.06. The van der Waals surface area contributed by atoms with Crippen LogP contribution in [0.15, 0.2) is 40.8 Å². The summed E-state index contributed by atoms with van der Waals surface area (Å²) in [5.41, 5.74) is 2.57. The minimum Gasteiger partial charge on any atom is -0.455 e. The van der Waals surface area contributed by atoms with Crippen molar-refractivity contribution in [2.24, 2.45) is 5.41 Å². The predicted octanol–water partition coefficient (Wildman–Crippen LogP) is 4.90. The van der Waals surface area contributed by atoms with Gasteiger partial charge in [-0.3, -0.25) is 9.10 Å². The molecule has 1 N–H and O–H groups in total. The summed E-state index contributed by atoms with van der Waals surface area (Å²) < 4.78 is 46.3. The number of halogens is 1. The van der Waals surface area contributed by atoms with Gasteiger partial charge in [-0.1, -0.05) is 20.8 Å². The first-order valence-electron chi connectivity index (χ1n) is 10.5. The lowest BCUT2D eigenvalue weighted by Crippen LogP contribution is -2.31. The van der Waals surface area contributed by atoms with Crippen molar-refractivity contribution in [1.29, 1.82) is 0 Å². The Morgan fingerprint density at radius 1 is 1.22 bits per heavy atom. The second kappa shape index (κ2) is 7.62. The Labute approximate surface area is 187 Å². The van der Waals surface area contributed by atoms with Crippen LogP contribution in [-0.2, 0) is 10.0 Å². The van der Waals surface area contributed by atoms with E-state index < -0.39 is 15.8 Å². The SMILES string of the molecule is CNC(=O)c1c(-c2ccc(F)cc2)oc2cc3c(cc12)C(C)C(C)(C)CCN3S(C)(=O)=O. The zero-order valence-electron chi connectivity index (χ0n) is 18.8. The lowest BCUT2D eigenvalue weighted by Gasteiger charge is -2.30. The smallest absolute Gasteiger partial charge is 0.255 e. The summed E-state index contributed by atoms with van der Waals surface area (Å²) in [6, 6.07) is 9.31. The third-order valence-corrected chi connectivity index (χ3v) is 7.84. The van der Waals surface area contributed by atoms with Crippen LogP contribution in [0.1, 0.15) is 49.0 Å². The first kappa shape index (κ1) is 22.3. The fraction of sp³-hybridized carbons (Fsp3) is 0.375. The monoisotopic (exact) mass is 458 g/mol. The fourth-order valence-corrected chi connectivity index (χ4v) is 5.30. The number of anilines is 1. The summed E-state index contributed by atoms with van der Waals surface area (Å²) in [6.07, 6.45) is 1.90. The van der Waals surface area contributed by atoms with Gasteiger partial charge >= 0.3 is 0 Å². The van der Waals surface area contributed by atoms with Crippen molar-refractivity contribution in [3.05, 3.63) is 53.3 Å². The number of hydrogen-bond donors (Lipinski definition) is 1. The summed E-state index contributed by atoms with van der Waals surface area (Å²) in [6.45, 7) is 6.69. The molecule has 0 saturated carbocycles. The van der Waals surface area contributed by atoms with Gasteiger partial charge in [-0.25, -0.2) is 12.8 Å². The highest BCUT2D eigenvalue weighted by Gasteiger charge is 2.37. The number of fused-ring (bicyclic) bond motifs is 2. The van der Waals surface area contributed by atoms with Gasteiger partial charge in [0, 0.05) is 30.6 Å². The average molecular weight is 459 g/mol. The predicted molar refractivity (Wildman–Crippen MR) is 124 cm³/mol. The quantitative estimate of drug-likeness (QED) is 0.606. The van der Waals surface area contributed by atoms with E-state index in [4.69, 9.17) is 4.42 Å². The summed E-state index contributed by atoms with van der Waals surface area (Å²) in [5, 5.41) is 3.25. The lowest BCUT2D eigenvalue weighted by molar-refractivity contribution is 0.0964. The van der Waals surface area contributed by atoms with Crippen molar-refractivity contribution in [2.75, 3.05) is 24.2 Å². The first-order chi connectivity index (χ1) is 14.9. The maximum absolute atomic E-state index is 13.5. The molecular formula is C24H27FN2O4S. The highest BCUT2D eigenvalue weighted by Crippen LogP contribution is 2.48. The van der Waals surface area contributed by atoms with Crippen LogP contribution in [0.2, 0.25) is 0 Å². The molecule has 1 unspecified atom stereocenters. The molecule has 2 heterocycles. The molecule has 1 aliphatic rings. The van der Waals surface area contributed by atoms with E-state index in [0.29, 0.717) is 46.5 Å². The van der Waals surface area contributed by atoms with Crippen molar-refractivity contribution in [3.63, 3.8) is 0 Å². The van der Waals surface area contributed by atoms with E-state index in [1.165, 1.54) is 29.7 Å². The molecule has 0 radical (unpaired) electrons. The normalized spacial score (nSPS) is 18.3. The minimum absolute atomic E-state index is 0.0374. The molecule has 0 bridgehead atoms. The van der Waals surface area contributed by atoms with E-state index in [2.05, 4.69) is 26.1 Å². The topological polar surface area (TPSA) is 79.6 Å². The molecule has 0 saturated heterocycles. The summed E-state index contributed by atoms with van der Waals surface area (Å²) >= 11 is 0. The molecule has 4 rings (SSSR count). The van der Waals surface area contributed by atoms with E-state index in [0.717, 1.165) is 5.56 Å². The molecular weight excluding hydrogens is 431 g/mol. The number of amides is 1. The highest BCUT2D eigenvalue weighted by molar-refractivity contribution is 7.92. The van der Waals surface area contributed by atoms with Gasteiger partial charge in [0.05, 0.1) is 17.5 Å². The number of carbonyl (C=O) groups is 1. The average Bonchev–Trinajstić information content (AvgIpc) is 3.05. The lowest BCUT2D eigenvalue weighted by atomic mass is 9.74. The molecule has 1 aliphatic heterocycles. The van der Waals surface area contributed by atoms with E-state index in [-0.39, 0.29) is 17.2 Å². The molecule has 3 aromatic rings. The molecule has 0 fully saturated rings. The minimum atomic E-state index is -3.52. The maximum atomic E-state index is 13.5. The number of benzene rings is 2. The van der Waals surface area contributed by atoms with Crippen LogP contribution >= 0.6 is 0 Å². The number of hydrogen-bond acceptors (Lipinski definition) is 4. The van der Waals surface area contributed by atoms with E-state index in [1.807, 2.05) is 6.07 Å². The molecule has 1 amide bonds. The van der Waals surface area contributed by atoms with Crippen molar-refractivity contribution in [3.8, 4) is 11.3 Å². The number of sulfonamides is 1. The van der Waals surface area contributed by atoms with Gasteiger partial charge in [0.1, 0.15) is 17.2 Å². The van der Waals surface area contributed by atoms with E-state index in [9.17, 15) is 17.6 Å². The van der Waals surface area contributed by atoms with Crippen LogP contribution in [-0.4, -0.2) is 34.2 Å². The molecule has 1 atom stereocenters. The number of nitrogens with one attached hydrogen (secondary N) is 1. The number of rotatable bonds is 3. The molecule has 2 aromatic carbocycles. The second-order valence-electron chi connectivity index (χ2n) is 9.09. The van der Waals surface area contributed by atoms with Crippen LogP contribution in [0, 0.1) is 11.2 Å². The summed E-state index contributed by atoms with van der Waals surface area (Å²) in [7, 11) is -1.98. The molecule has 8 heteroatoms. The fourth-order valence-electron chi connectivity index (χ4n) is 4.36. The van der Waals surface area contributed by atoms with Crippen LogP contribution < -0.4 is 9.62 Å². The second-order valence-corrected chi connectivity index (χ2v) is 11.0. The standard InChI is InChI=1S/C24H27FN2O4S/c1-14-17-12-18-20(13-19(17)27(32(5,29)30)11-10-24(14,2)3)31-22(21(18)23(28)26-4)15-6-8-16(25)9-7-15/h6-9,12-14H,10-11H2,1-5H3,(H,26,28). The number of furan rings is 1. The largest absolute Gasteiger partial charge is 0.455 e. The molecule has 0 aliphatic carbocycles. The van der Waals surface area contributed by atoms with Crippen LogP contribution in [0.4, 0.5) is 10.1 Å². The summed E-state index contributed by atoms with van der Waals surface area (Å²) in [5.74, 6) is -0.367. The summed E-state index contributed by atoms with van der Waals surface area (Å²) in [4.78, 5) is 12.9. The Morgan fingerprint density at radius 2 is 1.88 bits per heavy atom. The van der Waals surface area contributed by atoms with E-state index in [1.54, 1.807) is 18.2 Å². The van der Waals surface area contributed by atoms with Gasteiger partial charge in [0.2, 0.25) is 10.0 Å².